The number of sulfonamides is 1. The van der Waals surface area contributed by atoms with Crippen molar-refractivity contribution in [3.63, 3.8) is 0 Å². The third-order valence-corrected chi connectivity index (χ3v) is 5.28. The monoisotopic (exact) mass is 387 g/mol. The molecular weight excluding hydrogens is 362 g/mol. The van der Waals surface area contributed by atoms with Gasteiger partial charge < -0.3 is 0 Å². The summed E-state index contributed by atoms with van der Waals surface area (Å²) in [6, 6.07) is 14.9. The first-order valence-corrected chi connectivity index (χ1v) is 10.5. The highest BCUT2D eigenvalue weighted by atomic mass is 32.2. The number of hydrazone groups is 1. The van der Waals surface area contributed by atoms with Crippen molar-refractivity contribution in [2.24, 2.45) is 5.10 Å². The molecule has 0 aromatic heterocycles. The summed E-state index contributed by atoms with van der Waals surface area (Å²) in [5.74, 6) is -0.508. The molecule has 7 heteroatoms. The second-order valence-electron chi connectivity index (χ2n) is 6.39. The number of carbonyl (C=O) groups is 1. The standard InChI is InChI=1S/C20H25N3O3S/c1-5-17-8-12-19(13-9-17)23(27(4,25)26)14-20(24)22-21-16(3)18-10-6-15(2)7-11-18/h6-13H,5,14H2,1-4H3,(H,22,24)/b21-16-. The molecule has 0 unspecified atom stereocenters. The fourth-order valence-corrected chi connectivity index (χ4v) is 3.33. The SMILES string of the molecule is CCc1ccc(N(CC(=O)N/N=C(/C)c2ccc(C)cc2)S(C)(=O)=O)cc1. The van der Waals surface area contributed by atoms with E-state index in [-0.39, 0.29) is 6.54 Å². The lowest BCUT2D eigenvalue weighted by atomic mass is 10.1. The molecule has 0 atom stereocenters. The van der Waals surface area contributed by atoms with E-state index in [1.165, 1.54) is 0 Å². The van der Waals surface area contributed by atoms with Gasteiger partial charge in [0.05, 0.1) is 17.7 Å². The van der Waals surface area contributed by atoms with Crippen molar-refractivity contribution in [3.05, 3.63) is 65.2 Å². The van der Waals surface area contributed by atoms with Gasteiger partial charge in [-0.15, -0.1) is 0 Å². The van der Waals surface area contributed by atoms with E-state index in [0.717, 1.165) is 33.7 Å². The maximum Gasteiger partial charge on any atom is 0.260 e. The predicted octanol–water partition coefficient (Wildman–Crippen LogP) is 2.86. The maximum atomic E-state index is 12.3. The van der Waals surface area contributed by atoms with Crippen LogP contribution < -0.4 is 9.73 Å². The highest BCUT2D eigenvalue weighted by Crippen LogP contribution is 2.18. The Hall–Kier alpha value is -2.67. The number of carbonyl (C=O) groups excluding carboxylic acids is 1. The second kappa shape index (κ2) is 8.81. The summed E-state index contributed by atoms with van der Waals surface area (Å²) in [7, 11) is -3.60. The second-order valence-corrected chi connectivity index (χ2v) is 8.29. The van der Waals surface area contributed by atoms with Gasteiger partial charge in [0.1, 0.15) is 6.54 Å². The zero-order valence-electron chi connectivity index (χ0n) is 16.1. The number of hydrogen-bond acceptors (Lipinski definition) is 4. The molecule has 0 radical (unpaired) electrons. The molecule has 0 fully saturated rings. The van der Waals surface area contributed by atoms with Crippen LogP contribution in [0.4, 0.5) is 5.69 Å². The van der Waals surface area contributed by atoms with Crippen molar-refractivity contribution in [2.45, 2.75) is 27.2 Å². The van der Waals surface area contributed by atoms with Gasteiger partial charge in [0.2, 0.25) is 10.0 Å². The molecule has 0 aliphatic rings. The Kier molecular flexibility index (Phi) is 6.74. The number of aryl methyl sites for hydroxylation is 2. The predicted molar refractivity (Wildman–Crippen MR) is 110 cm³/mol. The number of rotatable bonds is 7. The Morgan fingerprint density at radius 1 is 1.07 bits per heavy atom. The van der Waals surface area contributed by atoms with Gasteiger partial charge in [-0.2, -0.15) is 5.10 Å². The highest BCUT2D eigenvalue weighted by molar-refractivity contribution is 7.92. The van der Waals surface area contributed by atoms with Crippen LogP contribution in [0.25, 0.3) is 0 Å². The number of nitrogens with one attached hydrogen (secondary N) is 1. The van der Waals surface area contributed by atoms with Crippen molar-refractivity contribution >= 4 is 27.3 Å². The first-order valence-electron chi connectivity index (χ1n) is 8.67. The van der Waals surface area contributed by atoms with Crippen molar-refractivity contribution in [2.75, 3.05) is 17.1 Å². The van der Waals surface area contributed by atoms with E-state index >= 15 is 0 Å². The summed E-state index contributed by atoms with van der Waals surface area (Å²) < 4.78 is 25.3. The van der Waals surface area contributed by atoms with Crippen LogP contribution >= 0.6 is 0 Å². The number of amides is 1. The molecule has 144 valence electrons. The lowest BCUT2D eigenvalue weighted by molar-refractivity contribution is -0.119. The van der Waals surface area contributed by atoms with Gasteiger partial charge in [-0.3, -0.25) is 9.10 Å². The van der Waals surface area contributed by atoms with Gasteiger partial charge in [0.15, 0.2) is 0 Å². The average Bonchev–Trinajstić information content (AvgIpc) is 2.64. The molecule has 2 aromatic carbocycles. The van der Waals surface area contributed by atoms with Gasteiger partial charge >= 0.3 is 0 Å². The molecule has 0 bridgehead atoms. The van der Waals surface area contributed by atoms with Crippen LogP contribution in [0.15, 0.2) is 53.6 Å². The van der Waals surface area contributed by atoms with Crippen LogP contribution in [0.2, 0.25) is 0 Å². The molecular formula is C20H25N3O3S. The van der Waals surface area contributed by atoms with Crippen LogP contribution in [0.3, 0.4) is 0 Å². The number of nitrogens with zero attached hydrogens (tertiary/aromatic N) is 2. The van der Waals surface area contributed by atoms with E-state index in [1.807, 2.05) is 50.2 Å². The first kappa shape index (κ1) is 20.6. The molecule has 0 aliphatic heterocycles. The van der Waals surface area contributed by atoms with Crippen LogP contribution in [0, 0.1) is 6.92 Å². The third kappa shape index (κ3) is 5.92. The molecule has 0 saturated carbocycles. The maximum absolute atomic E-state index is 12.3. The number of benzene rings is 2. The summed E-state index contributed by atoms with van der Waals surface area (Å²) in [5.41, 5.74) is 6.63. The lowest BCUT2D eigenvalue weighted by Crippen LogP contribution is -2.39. The van der Waals surface area contributed by atoms with Crippen LogP contribution in [-0.2, 0) is 21.2 Å². The summed E-state index contributed by atoms with van der Waals surface area (Å²) >= 11 is 0. The zero-order valence-corrected chi connectivity index (χ0v) is 16.9. The summed E-state index contributed by atoms with van der Waals surface area (Å²) in [6.45, 7) is 5.45. The lowest BCUT2D eigenvalue weighted by Gasteiger charge is -2.21. The van der Waals surface area contributed by atoms with Gasteiger partial charge in [0, 0.05) is 0 Å². The van der Waals surface area contributed by atoms with E-state index < -0.39 is 15.9 Å². The Labute approximate surface area is 161 Å². The van der Waals surface area contributed by atoms with E-state index in [2.05, 4.69) is 10.5 Å². The smallest absolute Gasteiger partial charge is 0.260 e. The van der Waals surface area contributed by atoms with Crippen molar-refractivity contribution in [1.29, 1.82) is 0 Å². The van der Waals surface area contributed by atoms with Crippen molar-refractivity contribution in [1.82, 2.24) is 5.43 Å². The van der Waals surface area contributed by atoms with Crippen molar-refractivity contribution < 1.29 is 13.2 Å². The molecule has 1 amide bonds. The Morgan fingerprint density at radius 2 is 1.67 bits per heavy atom. The van der Waals surface area contributed by atoms with Gasteiger partial charge in [-0.1, -0.05) is 48.9 Å². The van der Waals surface area contributed by atoms with E-state index in [9.17, 15) is 13.2 Å². The highest BCUT2D eigenvalue weighted by Gasteiger charge is 2.20. The molecule has 0 aliphatic carbocycles. The topological polar surface area (TPSA) is 78.8 Å². The normalized spacial score (nSPS) is 11.9. The molecule has 2 rings (SSSR count). The van der Waals surface area contributed by atoms with E-state index in [0.29, 0.717) is 11.4 Å². The Balaban J connectivity index is 2.11. The summed E-state index contributed by atoms with van der Waals surface area (Å²) in [4.78, 5) is 12.3. The van der Waals surface area contributed by atoms with Crippen LogP contribution in [-0.4, -0.2) is 32.8 Å². The molecule has 0 spiro atoms. The van der Waals surface area contributed by atoms with Crippen molar-refractivity contribution in [3.8, 4) is 0 Å². The molecule has 1 N–H and O–H groups in total. The minimum atomic E-state index is -3.60. The number of hydrogen-bond donors (Lipinski definition) is 1. The number of anilines is 1. The Bertz CT molecular complexity index is 918. The minimum Gasteiger partial charge on any atom is -0.271 e. The molecule has 0 saturated heterocycles. The van der Waals surface area contributed by atoms with Gasteiger partial charge in [-0.05, 0) is 43.5 Å². The molecule has 27 heavy (non-hydrogen) atoms. The molecule has 0 heterocycles. The average molecular weight is 388 g/mol. The van der Waals surface area contributed by atoms with Crippen LogP contribution in [0.1, 0.15) is 30.5 Å². The molecule has 2 aromatic rings. The summed E-state index contributed by atoms with van der Waals surface area (Å²) in [6.07, 6.45) is 1.93. The summed E-state index contributed by atoms with van der Waals surface area (Å²) in [5, 5.41) is 4.08. The fourth-order valence-electron chi connectivity index (χ4n) is 2.47. The minimum absolute atomic E-state index is 0.338. The quantitative estimate of drug-likeness (QED) is 0.586. The van der Waals surface area contributed by atoms with E-state index in [1.54, 1.807) is 19.1 Å². The van der Waals surface area contributed by atoms with E-state index in [4.69, 9.17) is 0 Å². The zero-order chi connectivity index (χ0) is 20.0. The first-order chi connectivity index (χ1) is 12.7. The van der Waals surface area contributed by atoms with Crippen LogP contribution in [0.5, 0.6) is 0 Å². The van der Waals surface area contributed by atoms with Gasteiger partial charge in [0.25, 0.3) is 5.91 Å². The third-order valence-electron chi connectivity index (χ3n) is 4.14. The molecule has 6 nitrogen and oxygen atoms in total. The largest absolute Gasteiger partial charge is 0.271 e. The van der Waals surface area contributed by atoms with Gasteiger partial charge in [-0.25, -0.2) is 13.8 Å². The Morgan fingerprint density at radius 3 is 2.19 bits per heavy atom. The fraction of sp³-hybridized carbons (Fsp3) is 0.300.